The third kappa shape index (κ3) is 5.06. The number of aromatic nitrogens is 5. The van der Waals surface area contributed by atoms with Crippen LogP contribution in [-0.2, 0) is 30.2 Å². The fraction of sp³-hybridized carbons (Fsp3) is 0.407. The van der Waals surface area contributed by atoms with Crippen molar-refractivity contribution < 1.29 is 9.53 Å². The second-order valence-electron chi connectivity index (χ2n) is 9.99. The zero-order chi connectivity index (χ0) is 25.3. The number of hydrogen-bond donors (Lipinski definition) is 1. The summed E-state index contributed by atoms with van der Waals surface area (Å²) < 4.78 is 9.06. The van der Waals surface area contributed by atoms with E-state index in [9.17, 15) is 4.79 Å². The third-order valence-electron chi connectivity index (χ3n) is 6.31. The molecule has 3 heterocycles. The molecule has 0 bridgehead atoms. The van der Waals surface area contributed by atoms with E-state index in [2.05, 4.69) is 43.3 Å². The van der Waals surface area contributed by atoms with Crippen LogP contribution in [0.1, 0.15) is 55.3 Å². The molecular weight excluding hydrogens is 440 g/mol. The SMILES string of the molecule is COc1nn(C)c2nc(C)c(CCC(=O)Nc3cc(C(C)(C)C)nn3Cc3ccccc3)c(C)c12. The fourth-order valence-electron chi connectivity index (χ4n) is 4.31. The van der Waals surface area contributed by atoms with Gasteiger partial charge in [0.05, 0.1) is 24.7 Å². The van der Waals surface area contributed by atoms with E-state index in [4.69, 9.17) is 14.8 Å². The van der Waals surface area contributed by atoms with Crippen LogP contribution < -0.4 is 10.1 Å². The van der Waals surface area contributed by atoms with Gasteiger partial charge in [-0.05, 0) is 37.0 Å². The number of amides is 1. The number of benzene rings is 1. The molecule has 8 heteroatoms. The molecule has 35 heavy (non-hydrogen) atoms. The molecule has 4 aromatic rings. The topological polar surface area (TPSA) is 86.9 Å². The van der Waals surface area contributed by atoms with E-state index >= 15 is 0 Å². The smallest absolute Gasteiger partial charge is 0.242 e. The van der Waals surface area contributed by atoms with Crippen LogP contribution in [0.15, 0.2) is 36.4 Å². The lowest BCUT2D eigenvalue weighted by Crippen LogP contribution is -2.17. The van der Waals surface area contributed by atoms with Crippen LogP contribution in [0.25, 0.3) is 11.0 Å². The molecule has 0 saturated heterocycles. The number of fused-ring (bicyclic) bond motifs is 1. The van der Waals surface area contributed by atoms with Gasteiger partial charge in [0.1, 0.15) is 5.82 Å². The molecule has 0 aliphatic rings. The number of nitrogens with one attached hydrogen (secondary N) is 1. The quantitative estimate of drug-likeness (QED) is 0.419. The number of carbonyl (C=O) groups is 1. The average molecular weight is 475 g/mol. The Balaban J connectivity index is 1.55. The number of carbonyl (C=O) groups excluding carboxylic acids is 1. The van der Waals surface area contributed by atoms with Crippen molar-refractivity contribution in [1.29, 1.82) is 0 Å². The zero-order valence-electron chi connectivity index (χ0n) is 21.6. The minimum atomic E-state index is -0.126. The number of hydrogen-bond acceptors (Lipinski definition) is 5. The van der Waals surface area contributed by atoms with Crippen molar-refractivity contribution in [3.63, 3.8) is 0 Å². The number of pyridine rings is 1. The first-order valence-electron chi connectivity index (χ1n) is 11.9. The minimum absolute atomic E-state index is 0.0586. The molecular formula is C27H34N6O2. The molecule has 184 valence electrons. The second kappa shape index (κ2) is 9.52. The molecule has 1 amide bonds. The van der Waals surface area contributed by atoms with Crippen molar-refractivity contribution in [3.8, 4) is 5.88 Å². The van der Waals surface area contributed by atoms with Gasteiger partial charge in [-0.2, -0.15) is 5.10 Å². The molecule has 0 aliphatic heterocycles. The van der Waals surface area contributed by atoms with E-state index in [1.54, 1.807) is 11.8 Å². The van der Waals surface area contributed by atoms with Gasteiger partial charge in [-0.25, -0.2) is 14.3 Å². The lowest BCUT2D eigenvalue weighted by atomic mass is 9.92. The van der Waals surface area contributed by atoms with Gasteiger partial charge in [-0.3, -0.25) is 4.79 Å². The van der Waals surface area contributed by atoms with E-state index in [0.29, 0.717) is 31.1 Å². The van der Waals surface area contributed by atoms with E-state index < -0.39 is 0 Å². The minimum Gasteiger partial charge on any atom is -0.479 e. The van der Waals surface area contributed by atoms with Crippen molar-refractivity contribution in [3.05, 3.63) is 64.5 Å². The Morgan fingerprint density at radius 2 is 1.83 bits per heavy atom. The van der Waals surface area contributed by atoms with Crippen molar-refractivity contribution in [2.75, 3.05) is 12.4 Å². The fourth-order valence-corrected chi connectivity index (χ4v) is 4.31. The van der Waals surface area contributed by atoms with Gasteiger partial charge >= 0.3 is 0 Å². The van der Waals surface area contributed by atoms with Crippen molar-refractivity contribution in [2.45, 2.75) is 59.4 Å². The molecule has 0 atom stereocenters. The van der Waals surface area contributed by atoms with E-state index in [-0.39, 0.29) is 11.3 Å². The van der Waals surface area contributed by atoms with Gasteiger partial charge in [0.2, 0.25) is 11.8 Å². The summed E-state index contributed by atoms with van der Waals surface area (Å²) in [7, 11) is 3.47. The predicted octanol–water partition coefficient (Wildman–Crippen LogP) is 4.71. The highest BCUT2D eigenvalue weighted by molar-refractivity contribution is 5.91. The highest BCUT2D eigenvalue weighted by Gasteiger charge is 2.22. The summed E-state index contributed by atoms with van der Waals surface area (Å²) in [5.74, 6) is 1.20. The molecule has 3 aromatic heterocycles. The van der Waals surface area contributed by atoms with Gasteiger partial charge in [-0.1, -0.05) is 51.1 Å². The van der Waals surface area contributed by atoms with Crippen molar-refractivity contribution in [1.82, 2.24) is 24.5 Å². The van der Waals surface area contributed by atoms with Crippen LogP contribution in [-0.4, -0.2) is 37.6 Å². The maximum atomic E-state index is 13.0. The van der Waals surface area contributed by atoms with Crippen LogP contribution >= 0.6 is 0 Å². The average Bonchev–Trinajstić information content (AvgIpc) is 3.35. The van der Waals surface area contributed by atoms with Crippen molar-refractivity contribution >= 4 is 22.8 Å². The molecule has 0 unspecified atom stereocenters. The third-order valence-corrected chi connectivity index (χ3v) is 6.31. The molecule has 0 saturated carbocycles. The van der Waals surface area contributed by atoms with Crippen LogP contribution in [0.3, 0.4) is 0 Å². The first-order valence-corrected chi connectivity index (χ1v) is 11.9. The Hall–Kier alpha value is -3.68. The van der Waals surface area contributed by atoms with E-state index in [1.807, 2.05) is 49.8 Å². The number of nitrogens with zero attached hydrogens (tertiary/aromatic N) is 5. The van der Waals surface area contributed by atoms with Gasteiger partial charge in [0.25, 0.3) is 0 Å². The van der Waals surface area contributed by atoms with Gasteiger partial charge in [0, 0.05) is 30.6 Å². The monoisotopic (exact) mass is 474 g/mol. The summed E-state index contributed by atoms with van der Waals surface area (Å²) in [5, 5.41) is 13.2. The summed E-state index contributed by atoms with van der Waals surface area (Å²) in [6.45, 7) is 11.0. The highest BCUT2D eigenvalue weighted by atomic mass is 16.5. The molecule has 0 radical (unpaired) electrons. The normalized spacial score (nSPS) is 11.7. The molecule has 4 rings (SSSR count). The Morgan fingerprint density at radius 3 is 2.49 bits per heavy atom. The maximum Gasteiger partial charge on any atom is 0.242 e. The summed E-state index contributed by atoms with van der Waals surface area (Å²) >= 11 is 0. The first-order chi connectivity index (χ1) is 16.6. The molecule has 1 N–H and O–H groups in total. The van der Waals surface area contributed by atoms with Crippen LogP contribution in [0.2, 0.25) is 0 Å². The van der Waals surface area contributed by atoms with E-state index in [1.165, 1.54) is 0 Å². The largest absolute Gasteiger partial charge is 0.479 e. The molecule has 0 spiro atoms. The lowest BCUT2D eigenvalue weighted by Gasteiger charge is -2.14. The Labute approximate surface area is 206 Å². The standard InChI is InChI=1S/C27H34N6O2/c1-17-20(18(2)28-25-24(17)26(35-7)31-32(25)6)13-14-23(34)29-22-15-21(27(3,4)5)30-33(22)16-19-11-9-8-10-12-19/h8-12,15H,13-14,16H2,1-7H3,(H,29,34). The van der Waals surface area contributed by atoms with Crippen LogP contribution in [0.5, 0.6) is 5.88 Å². The molecule has 1 aromatic carbocycles. The van der Waals surface area contributed by atoms with Gasteiger partial charge in [0.15, 0.2) is 5.65 Å². The Bertz CT molecular complexity index is 1360. The summed E-state index contributed by atoms with van der Waals surface area (Å²) in [4.78, 5) is 17.8. The number of ether oxygens (including phenoxy) is 1. The summed E-state index contributed by atoms with van der Waals surface area (Å²) in [6.07, 6.45) is 0.905. The maximum absolute atomic E-state index is 13.0. The number of rotatable bonds is 7. The summed E-state index contributed by atoms with van der Waals surface area (Å²) in [5.41, 5.74) is 5.72. The Kier molecular flexibility index (Phi) is 6.65. The highest BCUT2D eigenvalue weighted by Crippen LogP contribution is 2.30. The zero-order valence-corrected chi connectivity index (χ0v) is 21.6. The van der Waals surface area contributed by atoms with Gasteiger partial charge < -0.3 is 10.1 Å². The second-order valence-corrected chi connectivity index (χ2v) is 9.99. The summed E-state index contributed by atoms with van der Waals surface area (Å²) in [6, 6.07) is 12.1. The number of anilines is 1. The first kappa shape index (κ1) is 24.4. The van der Waals surface area contributed by atoms with Gasteiger partial charge in [-0.15, -0.1) is 5.10 Å². The van der Waals surface area contributed by atoms with Crippen LogP contribution in [0, 0.1) is 13.8 Å². The molecule has 0 aliphatic carbocycles. The molecule has 0 fully saturated rings. The van der Waals surface area contributed by atoms with Crippen LogP contribution in [0.4, 0.5) is 5.82 Å². The molecule has 8 nitrogen and oxygen atoms in total. The van der Waals surface area contributed by atoms with Crippen molar-refractivity contribution in [2.24, 2.45) is 7.05 Å². The van der Waals surface area contributed by atoms with E-state index in [0.717, 1.165) is 39.1 Å². The Morgan fingerprint density at radius 1 is 1.11 bits per heavy atom. The predicted molar refractivity (Wildman–Crippen MR) is 138 cm³/mol. The lowest BCUT2D eigenvalue weighted by molar-refractivity contribution is -0.116. The number of aryl methyl sites for hydroxylation is 3. The number of methoxy groups -OCH3 is 1.